The van der Waals surface area contributed by atoms with Gasteiger partial charge in [-0.05, 0) is 48.6 Å². The molecule has 4 nitrogen and oxygen atoms in total. The van der Waals surface area contributed by atoms with Crippen molar-refractivity contribution in [3.63, 3.8) is 0 Å². The molecule has 1 saturated carbocycles. The van der Waals surface area contributed by atoms with E-state index in [0.717, 1.165) is 23.6 Å². The summed E-state index contributed by atoms with van der Waals surface area (Å²) in [4.78, 5) is 12.1. The van der Waals surface area contributed by atoms with E-state index in [9.17, 15) is 4.79 Å². The molecule has 0 saturated heterocycles. The molecule has 0 bridgehead atoms. The van der Waals surface area contributed by atoms with E-state index in [1.165, 1.54) is 0 Å². The molecule has 1 aliphatic rings. The summed E-state index contributed by atoms with van der Waals surface area (Å²) in [5, 5.41) is 5.28. The Hall–Kier alpha value is -2.07. The van der Waals surface area contributed by atoms with Crippen LogP contribution in [0.1, 0.15) is 19.8 Å². The molecular weight excluding hydrogens is 276 g/mol. The van der Waals surface area contributed by atoms with Crippen LogP contribution in [-0.2, 0) is 4.79 Å². The number of hydrogen-bond acceptors (Lipinski definition) is 3. The van der Waals surface area contributed by atoms with E-state index in [1.54, 1.807) is 0 Å². The van der Waals surface area contributed by atoms with Crippen LogP contribution >= 0.6 is 0 Å². The third kappa shape index (κ3) is 3.22. The zero-order chi connectivity index (χ0) is 15.6. The number of carbonyl (C=O) groups excluding carboxylic acids is 1. The van der Waals surface area contributed by atoms with Crippen molar-refractivity contribution >= 4 is 16.7 Å². The third-order valence-electron chi connectivity index (χ3n) is 4.42. The zero-order valence-electron chi connectivity index (χ0n) is 12.8. The first-order chi connectivity index (χ1) is 10.6. The van der Waals surface area contributed by atoms with Gasteiger partial charge in [0.05, 0.1) is 5.54 Å². The number of nitrogens with two attached hydrogens (primary N) is 1. The lowest BCUT2D eigenvalue weighted by molar-refractivity contribution is -0.125. The summed E-state index contributed by atoms with van der Waals surface area (Å²) < 4.78 is 5.61. The number of amides is 1. The minimum absolute atomic E-state index is 0.0145. The van der Waals surface area contributed by atoms with Crippen molar-refractivity contribution in [2.75, 3.05) is 13.2 Å². The SMILES string of the molecule is CC(CN)(NC(=O)COc1ccc2ccccc2c1)C1CC1. The van der Waals surface area contributed by atoms with Gasteiger partial charge in [0, 0.05) is 6.54 Å². The maximum absolute atomic E-state index is 12.1. The van der Waals surface area contributed by atoms with Crippen LogP contribution < -0.4 is 15.8 Å². The standard InChI is InChI=1S/C18H22N2O2/c1-18(12-19,15-7-8-15)20-17(21)11-22-16-9-6-13-4-2-3-5-14(13)10-16/h2-6,9-10,15H,7-8,11-12,19H2,1H3,(H,20,21). The summed E-state index contributed by atoms with van der Waals surface area (Å²) in [7, 11) is 0. The van der Waals surface area contributed by atoms with Crippen molar-refractivity contribution < 1.29 is 9.53 Å². The lowest BCUT2D eigenvalue weighted by Crippen LogP contribution is -2.54. The average Bonchev–Trinajstić information content (AvgIpc) is 3.38. The van der Waals surface area contributed by atoms with Crippen LogP contribution in [-0.4, -0.2) is 24.6 Å². The topological polar surface area (TPSA) is 64.3 Å². The fourth-order valence-electron chi connectivity index (χ4n) is 2.80. The average molecular weight is 298 g/mol. The van der Waals surface area contributed by atoms with Crippen LogP contribution in [0.25, 0.3) is 10.8 Å². The lowest BCUT2D eigenvalue weighted by Gasteiger charge is -2.29. The van der Waals surface area contributed by atoms with Gasteiger partial charge in [-0.15, -0.1) is 0 Å². The number of nitrogens with one attached hydrogen (secondary N) is 1. The molecule has 2 aromatic rings. The van der Waals surface area contributed by atoms with E-state index in [1.807, 2.05) is 49.4 Å². The van der Waals surface area contributed by atoms with Crippen molar-refractivity contribution in [3.05, 3.63) is 42.5 Å². The van der Waals surface area contributed by atoms with Gasteiger partial charge in [0.15, 0.2) is 6.61 Å². The first kappa shape index (κ1) is 14.9. The molecule has 1 unspecified atom stereocenters. The Balaban J connectivity index is 1.60. The fourth-order valence-corrected chi connectivity index (χ4v) is 2.80. The Bertz CT molecular complexity index is 682. The number of ether oxygens (including phenoxy) is 1. The van der Waals surface area contributed by atoms with Crippen molar-refractivity contribution in [3.8, 4) is 5.75 Å². The van der Waals surface area contributed by atoms with Gasteiger partial charge in [-0.3, -0.25) is 4.79 Å². The largest absolute Gasteiger partial charge is 0.484 e. The second kappa shape index (κ2) is 5.97. The van der Waals surface area contributed by atoms with Crippen LogP contribution in [0.5, 0.6) is 5.75 Å². The van der Waals surface area contributed by atoms with Gasteiger partial charge in [0.2, 0.25) is 0 Å². The van der Waals surface area contributed by atoms with Crippen LogP contribution in [0.4, 0.5) is 0 Å². The molecule has 0 radical (unpaired) electrons. The maximum atomic E-state index is 12.1. The second-order valence-electron chi connectivity index (χ2n) is 6.24. The van der Waals surface area contributed by atoms with E-state index >= 15 is 0 Å². The third-order valence-corrected chi connectivity index (χ3v) is 4.42. The molecule has 2 aromatic carbocycles. The van der Waals surface area contributed by atoms with Crippen LogP contribution in [0.2, 0.25) is 0 Å². The van der Waals surface area contributed by atoms with Gasteiger partial charge in [-0.25, -0.2) is 0 Å². The molecule has 1 atom stereocenters. The molecule has 1 aliphatic carbocycles. The van der Waals surface area contributed by atoms with Gasteiger partial charge >= 0.3 is 0 Å². The molecule has 0 heterocycles. The predicted molar refractivity (Wildman–Crippen MR) is 87.8 cm³/mol. The monoisotopic (exact) mass is 298 g/mol. The van der Waals surface area contributed by atoms with E-state index < -0.39 is 0 Å². The molecule has 0 spiro atoms. The van der Waals surface area contributed by atoms with Gasteiger partial charge in [-0.2, -0.15) is 0 Å². The molecular formula is C18H22N2O2. The van der Waals surface area contributed by atoms with Crippen molar-refractivity contribution in [2.45, 2.75) is 25.3 Å². The summed E-state index contributed by atoms with van der Waals surface area (Å²) in [6.45, 7) is 2.48. The molecule has 3 N–H and O–H groups in total. The number of benzene rings is 2. The van der Waals surface area contributed by atoms with Gasteiger partial charge in [0.1, 0.15) is 5.75 Å². The van der Waals surface area contributed by atoms with Gasteiger partial charge < -0.3 is 15.8 Å². The van der Waals surface area contributed by atoms with E-state index in [-0.39, 0.29) is 18.1 Å². The highest BCUT2D eigenvalue weighted by atomic mass is 16.5. The van der Waals surface area contributed by atoms with E-state index in [0.29, 0.717) is 18.2 Å². The van der Waals surface area contributed by atoms with Gasteiger partial charge in [0.25, 0.3) is 5.91 Å². The highest BCUT2D eigenvalue weighted by Crippen LogP contribution is 2.38. The van der Waals surface area contributed by atoms with Crippen LogP contribution in [0, 0.1) is 5.92 Å². The Morgan fingerprint density at radius 2 is 2.00 bits per heavy atom. The Kier molecular flexibility index (Phi) is 4.03. The van der Waals surface area contributed by atoms with Crippen LogP contribution in [0.3, 0.4) is 0 Å². The summed E-state index contributed by atoms with van der Waals surface area (Å²) in [5.41, 5.74) is 5.51. The summed E-state index contributed by atoms with van der Waals surface area (Å²) in [6, 6.07) is 13.9. The van der Waals surface area contributed by atoms with E-state index in [2.05, 4.69) is 5.32 Å². The molecule has 1 amide bonds. The Morgan fingerprint density at radius 3 is 2.68 bits per heavy atom. The lowest BCUT2D eigenvalue weighted by atomic mass is 9.96. The molecule has 22 heavy (non-hydrogen) atoms. The summed E-state index contributed by atoms with van der Waals surface area (Å²) in [5.74, 6) is 1.09. The summed E-state index contributed by atoms with van der Waals surface area (Å²) in [6.07, 6.45) is 2.28. The number of carbonyl (C=O) groups is 1. The van der Waals surface area contributed by atoms with Crippen molar-refractivity contribution in [1.29, 1.82) is 0 Å². The first-order valence-electron chi connectivity index (χ1n) is 7.73. The minimum atomic E-state index is -0.302. The number of rotatable bonds is 6. The molecule has 1 fully saturated rings. The number of fused-ring (bicyclic) bond motifs is 1. The zero-order valence-corrected chi connectivity index (χ0v) is 12.8. The number of hydrogen-bond donors (Lipinski definition) is 2. The fraction of sp³-hybridized carbons (Fsp3) is 0.389. The second-order valence-corrected chi connectivity index (χ2v) is 6.24. The Morgan fingerprint density at radius 1 is 1.27 bits per heavy atom. The molecule has 4 heteroatoms. The van der Waals surface area contributed by atoms with Crippen molar-refractivity contribution in [2.24, 2.45) is 11.7 Å². The molecule has 116 valence electrons. The normalized spacial score (nSPS) is 17.0. The quantitative estimate of drug-likeness (QED) is 0.861. The van der Waals surface area contributed by atoms with Crippen LogP contribution in [0.15, 0.2) is 42.5 Å². The van der Waals surface area contributed by atoms with E-state index in [4.69, 9.17) is 10.5 Å². The smallest absolute Gasteiger partial charge is 0.258 e. The highest BCUT2D eigenvalue weighted by molar-refractivity contribution is 5.84. The Labute approximate surface area is 130 Å². The molecule has 0 aromatic heterocycles. The molecule has 3 rings (SSSR count). The molecule has 0 aliphatic heterocycles. The predicted octanol–water partition coefficient (Wildman–Crippen LogP) is 2.46. The van der Waals surface area contributed by atoms with Crippen molar-refractivity contribution in [1.82, 2.24) is 5.32 Å². The first-order valence-corrected chi connectivity index (χ1v) is 7.73. The minimum Gasteiger partial charge on any atom is -0.484 e. The maximum Gasteiger partial charge on any atom is 0.258 e. The summed E-state index contributed by atoms with van der Waals surface area (Å²) >= 11 is 0. The van der Waals surface area contributed by atoms with Gasteiger partial charge in [-0.1, -0.05) is 30.3 Å². The highest BCUT2D eigenvalue weighted by Gasteiger charge is 2.41.